The summed E-state index contributed by atoms with van der Waals surface area (Å²) in [6, 6.07) is 2.24. The van der Waals surface area contributed by atoms with Crippen LogP contribution in [0.3, 0.4) is 0 Å². The Hall–Kier alpha value is -1.40. The first kappa shape index (κ1) is 16.5. The van der Waals surface area contributed by atoms with Gasteiger partial charge in [-0.1, -0.05) is 0 Å². The predicted molar refractivity (Wildman–Crippen MR) is 92.0 cm³/mol. The van der Waals surface area contributed by atoms with Gasteiger partial charge in [0.1, 0.15) is 0 Å². The Morgan fingerprint density at radius 1 is 1.30 bits per heavy atom. The van der Waals surface area contributed by atoms with Gasteiger partial charge in [-0.2, -0.15) is 0 Å². The van der Waals surface area contributed by atoms with Gasteiger partial charge in [-0.05, 0) is 44.4 Å². The van der Waals surface area contributed by atoms with E-state index in [4.69, 9.17) is 0 Å². The molecule has 0 spiro atoms. The van der Waals surface area contributed by atoms with Crippen molar-refractivity contribution in [3.8, 4) is 0 Å². The molecule has 0 bridgehead atoms. The first-order valence-electron chi connectivity index (χ1n) is 8.40. The molecular formula is C17H25N3O2S. The van der Waals surface area contributed by atoms with Crippen molar-refractivity contribution in [3.63, 3.8) is 0 Å². The topological polar surface area (TPSA) is 52.7 Å². The van der Waals surface area contributed by atoms with Gasteiger partial charge in [0.2, 0.25) is 5.91 Å². The van der Waals surface area contributed by atoms with Crippen molar-refractivity contribution in [1.29, 1.82) is 0 Å². The molecule has 0 aromatic carbocycles. The summed E-state index contributed by atoms with van der Waals surface area (Å²) in [4.78, 5) is 30.5. The summed E-state index contributed by atoms with van der Waals surface area (Å²) in [5.41, 5.74) is 1.35. The molecule has 0 aliphatic carbocycles. The Morgan fingerprint density at radius 2 is 2.09 bits per heavy atom. The van der Waals surface area contributed by atoms with Crippen molar-refractivity contribution in [1.82, 2.24) is 15.1 Å². The minimum atomic E-state index is -0.0312. The number of fused-ring (bicyclic) bond motifs is 1. The molecule has 2 aliphatic heterocycles. The minimum Gasteiger partial charge on any atom is -0.354 e. The highest BCUT2D eigenvalue weighted by molar-refractivity contribution is 7.14. The molecule has 126 valence electrons. The van der Waals surface area contributed by atoms with E-state index in [9.17, 15) is 9.59 Å². The van der Waals surface area contributed by atoms with E-state index in [0.29, 0.717) is 6.54 Å². The van der Waals surface area contributed by atoms with Crippen LogP contribution < -0.4 is 5.32 Å². The number of likely N-dealkylation sites (tertiary alicyclic amines) is 1. The SMILES string of the molecule is CC(=O)NC[C@@H]1CCCN1C(=O)c1cc2c(s1)CCN(C)CC2. The molecule has 2 aliphatic rings. The smallest absolute Gasteiger partial charge is 0.264 e. The molecule has 3 rings (SSSR count). The lowest BCUT2D eigenvalue weighted by Gasteiger charge is -2.24. The zero-order valence-electron chi connectivity index (χ0n) is 13.9. The predicted octanol–water partition coefficient (Wildman–Crippen LogP) is 1.52. The summed E-state index contributed by atoms with van der Waals surface area (Å²) in [6.07, 6.45) is 4.07. The van der Waals surface area contributed by atoms with Gasteiger partial charge in [-0.15, -0.1) is 11.3 Å². The number of nitrogens with zero attached hydrogens (tertiary/aromatic N) is 2. The largest absolute Gasteiger partial charge is 0.354 e. The van der Waals surface area contributed by atoms with E-state index in [1.807, 2.05) is 4.90 Å². The van der Waals surface area contributed by atoms with E-state index >= 15 is 0 Å². The van der Waals surface area contributed by atoms with Gasteiger partial charge in [-0.3, -0.25) is 9.59 Å². The highest BCUT2D eigenvalue weighted by atomic mass is 32.1. The van der Waals surface area contributed by atoms with Gasteiger partial charge in [0.25, 0.3) is 5.91 Å². The van der Waals surface area contributed by atoms with Crippen LogP contribution in [0.5, 0.6) is 0 Å². The maximum atomic E-state index is 12.9. The zero-order valence-corrected chi connectivity index (χ0v) is 14.7. The second-order valence-corrected chi connectivity index (χ2v) is 7.73. The lowest BCUT2D eigenvalue weighted by Crippen LogP contribution is -2.42. The van der Waals surface area contributed by atoms with E-state index in [1.54, 1.807) is 11.3 Å². The van der Waals surface area contributed by atoms with Crippen molar-refractivity contribution in [2.24, 2.45) is 0 Å². The van der Waals surface area contributed by atoms with Gasteiger partial charge < -0.3 is 15.1 Å². The summed E-state index contributed by atoms with van der Waals surface area (Å²) in [7, 11) is 2.15. The Labute approximate surface area is 141 Å². The van der Waals surface area contributed by atoms with Crippen LogP contribution in [0.1, 0.15) is 39.9 Å². The minimum absolute atomic E-state index is 0.0312. The molecule has 0 unspecified atom stereocenters. The zero-order chi connectivity index (χ0) is 16.4. The van der Waals surface area contributed by atoms with Gasteiger partial charge in [-0.25, -0.2) is 0 Å². The quantitative estimate of drug-likeness (QED) is 0.911. The van der Waals surface area contributed by atoms with Crippen LogP contribution in [-0.4, -0.2) is 60.9 Å². The first-order valence-corrected chi connectivity index (χ1v) is 9.22. The fourth-order valence-electron chi connectivity index (χ4n) is 3.43. The summed E-state index contributed by atoms with van der Waals surface area (Å²) < 4.78 is 0. The number of hydrogen-bond donors (Lipinski definition) is 1. The lowest BCUT2D eigenvalue weighted by atomic mass is 10.1. The highest BCUT2D eigenvalue weighted by Crippen LogP contribution is 2.29. The van der Waals surface area contributed by atoms with Crippen LogP contribution in [0, 0.1) is 0 Å². The molecule has 1 atom stereocenters. The van der Waals surface area contributed by atoms with Crippen molar-refractivity contribution >= 4 is 23.2 Å². The normalized spacial score (nSPS) is 21.8. The number of hydrogen-bond acceptors (Lipinski definition) is 4. The van der Waals surface area contributed by atoms with Crippen LogP contribution in [0.4, 0.5) is 0 Å². The van der Waals surface area contributed by atoms with Gasteiger partial charge >= 0.3 is 0 Å². The Bertz CT molecular complexity index is 573. The van der Waals surface area contributed by atoms with Gasteiger partial charge in [0.05, 0.1) is 4.88 Å². The number of thiophene rings is 1. The molecular weight excluding hydrogens is 310 g/mol. The van der Waals surface area contributed by atoms with E-state index in [0.717, 1.165) is 50.2 Å². The van der Waals surface area contributed by atoms with E-state index in [-0.39, 0.29) is 17.9 Å². The third-order valence-electron chi connectivity index (χ3n) is 4.82. The van der Waals surface area contributed by atoms with Crippen LogP contribution >= 0.6 is 11.3 Å². The molecule has 3 heterocycles. The average molecular weight is 335 g/mol. The van der Waals surface area contributed by atoms with E-state index in [2.05, 4.69) is 23.3 Å². The number of likely N-dealkylation sites (N-methyl/N-ethyl adjacent to an activating group) is 1. The summed E-state index contributed by atoms with van der Waals surface area (Å²) in [5.74, 6) is 0.112. The van der Waals surface area contributed by atoms with Crippen molar-refractivity contribution in [2.45, 2.75) is 38.6 Å². The third kappa shape index (κ3) is 3.75. The molecule has 1 N–H and O–H groups in total. The molecule has 2 amide bonds. The molecule has 0 saturated carbocycles. The Kier molecular flexibility index (Phi) is 5.02. The van der Waals surface area contributed by atoms with Gasteiger partial charge in [0, 0.05) is 44.0 Å². The third-order valence-corrected chi connectivity index (χ3v) is 6.04. The van der Waals surface area contributed by atoms with Crippen molar-refractivity contribution < 1.29 is 9.59 Å². The van der Waals surface area contributed by atoms with E-state index < -0.39 is 0 Å². The fraction of sp³-hybridized carbons (Fsp3) is 0.647. The van der Waals surface area contributed by atoms with Crippen molar-refractivity contribution in [2.75, 3.05) is 33.2 Å². The van der Waals surface area contributed by atoms with E-state index in [1.165, 1.54) is 17.4 Å². The molecule has 23 heavy (non-hydrogen) atoms. The molecule has 5 nitrogen and oxygen atoms in total. The number of rotatable bonds is 3. The Morgan fingerprint density at radius 3 is 2.87 bits per heavy atom. The maximum absolute atomic E-state index is 12.9. The van der Waals surface area contributed by atoms with Crippen LogP contribution in [-0.2, 0) is 17.6 Å². The average Bonchev–Trinajstić information content (AvgIpc) is 3.11. The fourth-order valence-corrected chi connectivity index (χ4v) is 4.59. The molecule has 1 aromatic rings. The molecule has 6 heteroatoms. The second kappa shape index (κ2) is 7.01. The molecule has 1 fully saturated rings. The molecule has 1 saturated heterocycles. The number of carbonyl (C=O) groups is 2. The van der Waals surface area contributed by atoms with Crippen LogP contribution in [0.25, 0.3) is 0 Å². The summed E-state index contributed by atoms with van der Waals surface area (Å²) >= 11 is 1.67. The number of carbonyl (C=O) groups excluding carboxylic acids is 2. The Balaban J connectivity index is 1.70. The second-order valence-electron chi connectivity index (χ2n) is 6.59. The highest BCUT2D eigenvalue weighted by Gasteiger charge is 2.31. The summed E-state index contributed by atoms with van der Waals surface area (Å²) in [6.45, 7) is 5.02. The van der Waals surface area contributed by atoms with Crippen molar-refractivity contribution in [3.05, 3.63) is 21.4 Å². The maximum Gasteiger partial charge on any atom is 0.264 e. The summed E-state index contributed by atoms with van der Waals surface area (Å²) in [5, 5.41) is 2.85. The molecule has 0 radical (unpaired) electrons. The standard InChI is InChI=1S/C17H25N3O2S/c1-12(21)18-11-14-4-3-7-20(14)17(22)16-10-13-5-8-19(2)9-6-15(13)23-16/h10,14H,3-9,11H2,1-2H3,(H,18,21)/t14-/m0/s1. The first-order chi connectivity index (χ1) is 11.0. The van der Waals surface area contributed by atoms with Crippen LogP contribution in [0.2, 0.25) is 0 Å². The molecule has 1 aromatic heterocycles. The number of nitrogens with one attached hydrogen (secondary N) is 1. The number of amides is 2. The monoisotopic (exact) mass is 335 g/mol. The van der Waals surface area contributed by atoms with Gasteiger partial charge in [0.15, 0.2) is 0 Å². The lowest BCUT2D eigenvalue weighted by molar-refractivity contribution is -0.119. The van der Waals surface area contributed by atoms with Crippen LogP contribution in [0.15, 0.2) is 6.07 Å².